The topological polar surface area (TPSA) is 65.3 Å². The second-order valence-electron chi connectivity index (χ2n) is 8.91. The predicted octanol–water partition coefficient (Wildman–Crippen LogP) is 4.32. The van der Waals surface area contributed by atoms with E-state index in [1.165, 1.54) is 0 Å². The Morgan fingerprint density at radius 2 is 1.68 bits per heavy atom. The van der Waals surface area contributed by atoms with Crippen molar-refractivity contribution >= 4 is 55.3 Å². The maximum absolute atomic E-state index is 13.4. The summed E-state index contributed by atoms with van der Waals surface area (Å²) < 4.78 is 10.8. The normalized spacial score (nSPS) is 24.1. The van der Waals surface area contributed by atoms with Gasteiger partial charge in [-0.25, -0.2) is 0 Å². The van der Waals surface area contributed by atoms with Gasteiger partial charge < -0.3 is 19.2 Å². The lowest BCUT2D eigenvalue weighted by molar-refractivity contribution is -0.145. The number of Topliss-reactive ketones (excluding diaryl/α,β-unsaturated/α-hetero) is 1. The molecule has 5 heterocycles. The van der Waals surface area contributed by atoms with Crippen molar-refractivity contribution in [2.45, 2.75) is 31.8 Å². The molecule has 3 aliphatic rings. The molecule has 0 unspecified atom stereocenters. The number of ether oxygens (including phenoxy) is 1. The van der Waals surface area contributed by atoms with Gasteiger partial charge in [0, 0.05) is 28.1 Å². The number of aromatic nitrogens is 2. The largest absolute Gasteiger partial charge is 0.348 e. The third-order valence-electron chi connectivity index (χ3n) is 7.47. The molecule has 6 nitrogen and oxygen atoms in total. The van der Waals surface area contributed by atoms with Crippen LogP contribution in [0.4, 0.5) is 0 Å². The van der Waals surface area contributed by atoms with E-state index in [4.69, 9.17) is 4.74 Å². The highest BCUT2D eigenvalue weighted by Crippen LogP contribution is 2.53. The smallest absolute Gasteiger partial charge is 0.252 e. The van der Waals surface area contributed by atoms with Crippen LogP contribution in [0, 0.1) is 0 Å². The molecule has 5 aromatic rings. The minimum absolute atomic E-state index is 0.0331. The molecule has 2 bridgehead atoms. The summed E-state index contributed by atoms with van der Waals surface area (Å²) in [7, 11) is 0. The molecular formula is C25H17N3O3. The van der Waals surface area contributed by atoms with Crippen LogP contribution in [-0.2, 0) is 21.8 Å². The van der Waals surface area contributed by atoms with Gasteiger partial charge in [0.05, 0.1) is 34.1 Å². The SMILES string of the molecule is C[C@]12O[C@H](CC1=O)n1c3ccccc3c3c4c(c5c6ccccc6n2c5c31)CNC4=O. The third kappa shape index (κ3) is 1.55. The van der Waals surface area contributed by atoms with Crippen LogP contribution in [0.2, 0.25) is 0 Å². The number of carbonyl (C=O) groups is 2. The molecule has 0 aliphatic carbocycles. The average molecular weight is 407 g/mol. The van der Waals surface area contributed by atoms with Crippen molar-refractivity contribution in [3.63, 3.8) is 0 Å². The first-order valence-corrected chi connectivity index (χ1v) is 10.6. The Balaban J connectivity index is 1.82. The Morgan fingerprint density at radius 3 is 2.48 bits per heavy atom. The number of amides is 1. The number of ketones is 1. The molecule has 150 valence electrons. The van der Waals surface area contributed by atoms with Crippen molar-refractivity contribution in [1.82, 2.24) is 14.5 Å². The molecule has 6 heteroatoms. The molecule has 0 spiro atoms. The summed E-state index contributed by atoms with van der Waals surface area (Å²) in [6.07, 6.45) is -0.0923. The van der Waals surface area contributed by atoms with E-state index < -0.39 is 12.0 Å². The fraction of sp³-hybridized carbons (Fsp3) is 0.200. The first-order valence-electron chi connectivity index (χ1n) is 10.6. The minimum Gasteiger partial charge on any atom is -0.348 e. The lowest BCUT2D eigenvalue weighted by atomic mass is 9.96. The molecule has 1 fully saturated rings. The molecule has 2 aromatic heterocycles. The number of hydrogen-bond donors (Lipinski definition) is 1. The van der Waals surface area contributed by atoms with Crippen molar-refractivity contribution in [1.29, 1.82) is 0 Å². The monoisotopic (exact) mass is 407 g/mol. The number of carbonyl (C=O) groups excluding carboxylic acids is 2. The van der Waals surface area contributed by atoms with Gasteiger partial charge >= 0.3 is 0 Å². The molecule has 3 aliphatic heterocycles. The summed E-state index contributed by atoms with van der Waals surface area (Å²) >= 11 is 0. The molecule has 0 radical (unpaired) electrons. The van der Waals surface area contributed by atoms with Gasteiger partial charge in [0.2, 0.25) is 5.72 Å². The van der Waals surface area contributed by atoms with E-state index in [0.717, 1.165) is 54.7 Å². The zero-order valence-electron chi connectivity index (χ0n) is 16.7. The number of nitrogens with zero attached hydrogens (tertiary/aromatic N) is 2. The van der Waals surface area contributed by atoms with Crippen LogP contribution in [0.15, 0.2) is 48.5 Å². The molecule has 31 heavy (non-hydrogen) atoms. The Morgan fingerprint density at radius 1 is 0.968 bits per heavy atom. The van der Waals surface area contributed by atoms with E-state index >= 15 is 0 Å². The number of hydrogen-bond acceptors (Lipinski definition) is 3. The second kappa shape index (κ2) is 4.81. The Kier molecular flexibility index (Phi) is 2.50. The van der Waals surface area contributed by atoms with Gasteiger partial charge in [-0.1, -0.05) is 36.4 Å². The molecule has 3 aromatic carbocycles. The fourth-order valence-electron chi connectivity index (χ4n) is 6.26. The number of nitrogens with one attached hydrogen (secondary N) is 1. The maximum atomic E-state index is 13.4. The highest BCUT2D eigenvalue weighted by molar-refractivity contribution is 6.31. The number of para-hydroxylation sites is 2. The molecule has 1 N–H and O–H groups in total. The van der Waals surface area contributed by atoms with Gasteiger partial charge in [-0.2, -0.15) is 0 Å². The minimum atomic E-state index is -1.08. The lowest BCUT2D eigenvalue weighted by Crippen LogP contribution is -2.35. The van der Waals surface area contributed by atoms with Crippen LogP contribution in [0.25, 0.3) is 43.6 Å². The van der Waals surface area contributed by atoms with Crippen molar-refractivity contribution in [3.05, 3.63) is 59.7 Å². The Hall–Kier alpha value is -3.64. The summed E-state index contributed by atoms with van der Waals surface area (Å²) in [5.41, 5.74) is 4.62. The number of rotatable bonds is 0. The predicted molar refractivity (Wildman–Crippen MR) is 117 cm³/mol. The summed E-state index contributed by atoms with van der Waals surface area (Å²) in [5, 5.41) is 7.14. The van der Waals surface area contributed by atoms with Gasteiger partial charge in [-0.3, -0.25) is 9.59 Å². The van der Waals surface area contributed by atoms with Gasteiger partial charge in [0.15, 0.2) is 5.78 Å². The maximum Gasteiger partial charge on any atom is 0.252 e. The highest BCUT2D eigenvalue weighted by atomic mass is 16.6. The van der Waals surface area contributed by atoms with Crippen molar-refractivity contribution in [3.8, 4) is 0 Å². The van der Waals surface area contributed by atoms with Gasteiger partial charge in [0.25, 0.3) is 5.91 Å². The third-order valence-corrected chi connectivity index (χ3v) is 7.47. The van der Waals surface area contributed by atoms with Gasteiger partial charge in [-0.05, 0) is 24.6 Å². The van der Waals surface area contributed by atoms with Crippen LogP contribution in [0.1, 0.15) is 35.5 Å². The molecule has 2 atom stereocenters. The zero-order chi connectivity index (χ0) is 20.6. The van der Waals surface area contributed by atoms with Crippen LogP contribution < -0.4 is 5.32 Å². The van der Waals surface area contributed by atoms with E-state index in [2.05, 4.69) is 32.7 Å². The van der Waals surface area contributed by atoms with E-state index in [9.17, 15) is 9.59 Å². The quantitative estimate of drug-likeness (QED) is 0.416. The van der Waals surface area contributed by atoms with E-state index in [1.807, 2.05) is 37.3 Å². The van der Waals surface area contributed by atoms with E-state index in [0.29, 0.717) is 13.0 Å². The fourth-order valence-corrected chi connectivity index (χ4v) is 6.26. The van der Waals surface area contributed by atoms with Crippen molar-refractivity contribution < 1.29 is 14.3 Å². The zero-order valence-corrected chi connectivity index (χ0v) is 16.7. The van der Waals surface area contributed by atoms with Crippen LogP contribution in [0.5, 0.6) is 0 Å². The first kappa shape index (κ1) is 16.1. The van der Waals surface area contributed by atoms with E-state index in [1.54, 1.807) is 0 Å². The molecule has 8 rings (SSSR count). The second-order valence-corrected chi connectivity index (χ2v) is 8.91. The standard InChI is InChI=1S/C25H17N3O3/c1-25-17(29)10-18(31-25)27-15-8-4-2-6-12(15)20-21-14(11-26-24(21)30)19-13-7-3-5-9-16(13)28(25)23(19)22(20)27/h2-9,18H,10-11H2,1H3,(H,26,30)/t18-,25+/m1/s1. The lowest BCUT2D eigenvalue weighted by Gasteiger charge is -2.25. The molecule has 1 saturated heterocycles. The summed E-state index contributed by atoms with van der Waals surface area (Å²) in [4.78, 5) is 26.4. The molecule has 1 amide bonds. The number of benzene rings is 3. The average Bonchev–Trinajstić information content (AvgIpc) is 3.46. The molecular weight excluding hydrogens is 390 g/mol. The van der Waals surface area contributed by atoms with Gasteiger partial charge in [0.1, 0.15) is 6.23 Å². The van der Waals surface area contributed by atoms with Crippen molar-refractivity contribution in [2.75, 3.05) is 0 Å². The van der Waals surface area contributed by atoms with E-state index in [-0.39, 0.29) is 11.7 Å². The van der Waals surface area contributed by atoms with Crippen LogP contribution in [0.3, 0.4) is 0 Å². The summed E-state index contributed by atoms with van der Waals surface area (Å²) in [6.45, 7) is 2.38. The molecule has 0 saturated carbocycles. The van der Waals surface area contributed by atoms with Gasteiger partial charge in [-0.15, -0.1) is 0 Å². The Bertz CT molecular complexity index is 1710. The number of fused-ring (bicyclic) bond motifs is 13. The Labute approximate surface area is 176 Å². The van der Waals surface area contributed by atoms with Crippen LogP contribution >= 0.6 is 0 Å². The first-order chi connectivity index (χ1) is 15.1. The summed E-state index contributed by atoms with van der Waals surface area (Å²) in [5.74, 6) is 0.0423. The van der Waals surface area contributed by atoms with Crippen molar-refractivity contribution in [2.24, 2.45) is 0 Å². The summed E-state index contributed by atoms with van der Waals surface area (Å²) in [6, 6.07) is 16.3. The van der Waals surface area contributed by atoms with Crippen LogP contribution in [-0.4, -0.2) is 20.8 Å². The highest BCUT2D eigenvalue weighted by Gasteiger charge is 2.51.